The number of carbonyl (C=O) groups is 1. The Morgan fingerprint density at radius 1 is 1.45 bits per heavy atom. The molecular formula is C15H23N3O2. The average Bonchev–Trinajstić information content (AvgIpc) is 2.41. The predicted octanol–water partition coefficient (Wildman–Crippen LogP) is 1.95. The van der Waals surface area contributed by atoms with Crippen LogP contribution in [-0.4, -0.2) is 37.6 Å². The van der Waals surface area contributed by atoms with Gasteiger partial charge >= 0.3 is 0 Å². The molecule has 110 valence electrons. The van der Waals surface area contributed by atoms with E-state index in [-0.39, 0.29) is 5.91 Å². The van der Waals surface area contributed by atoms with E-state index in [1.54, 1.807) is 25.3 Å². The Kier molecular flexibility index (Phi) is 4.84. The second kappa shape index (κ2) is 6.61. The first-order valence-electron chi connectivity index (χ1n) is 7.04. The van der Waals surface area contributed by atoms with Gasteiger partial charge in [-0.1, -0.05) is 6.92 Å². The molecule has 0 aliphatic carbocycles. The molecule has 0 unspecified atom stereocenters. The zero-order chi connectivity index (χ0) is 14.5. The van der Waals surface area contributed by atoms with Gasteiger partial charge in [0.1, 0.15) is 5.75 Å². The highest BCUT2D eigenvalue weighted by molar-refractivity contribution is 5.92. The lowest BCUT2D eigenvalue weighted by Crippen LogP contribution is -2.38. The summed E-state index contributed by atoms with van der Waals surface area (Å²) in [6.07, 6.45) is 2.34. The Labute approximate surface area is 120 Å². The van der Waals surface area contributed by atoms with Crippen molar-refractivity contribution in [3.05, 3.63) is 18.2 Å². The van der Waals surface area contributed by atoms with E-state index in [9.17, 15) is 4.79 Å². The quantitative estimate of drug-likeness (QED) is 0.825. The van der Waals surface area contributed by atoms with Gasteiger partial charge in [-0.2, -0.15) is 0 Å². The molecule has 0 atom stereocenters. The molecule has 0 radical (unpaired) electrons. The van der Waals surface area contributed by atoms with Crippen molar-refractivity contribution in [2.75, 3.05) is 37.8 Å². The summed E-state index contributed by atoms with van der Waals surface area (Å²) in [4.78, 5) is 14.2. The van der Waals surface area contributed by atoms with E-state index in [0.717, 1.165) is 19.0 Å². The fourth-order valence-corrected chi connectivity index (χ4v) is 2.44. The zero-order valence-corrected chi connectivity index (χ0v) is 12.2. The van der Waals surface area contributed by atoms with Crippen LogP contribution in [0.1, 0.15) is 19.8 Å². The van der Waals surface area contributed by atoms with Gasteiger partial charge in [0.05, 0.1) is 19.3 Å². The van der Waals surface area contributed by atoms with Crippen molar-refractivity contribution in [1.82, 2.24) is 4.90 Å². The normalized spacial score (nSPS) is 16.9. The summed E-state index contributed by atoms with van der Waals surface area (Å²) < 4.78 is 5.09. The molecule has 1 heterocycles. The molecule has 5 heteroatoms. The van der Waals surface area contributed by atoms with Gasteiger partial charge in [-0.25, -0.2) is 0 Å². The van der Waals surface area contributed by atoms with Crippen LogP contribution in [0.15, 0.2) is 18.2 Å². The first-order chi connectivity index (χ1) is 9.58. The molecule has 1 amide bonds. The Morgan fingerprint density at radius 2 is 2.15 bits per heavy atom. The lowest BCUT2D eigenvalue weighted by Gasteiger charge is -2.29. The third-order valence-corrected chi connectivity index (χ3v) is 3.76. The van der Waals surface area contributed by atoms with Crippen molar-refractivity contribution >= 4 is 17.3 Å². The van der Waals surface area contributed by atoms with Gasteiger partial charge in [0.15, 0.2) is 0 Å². The monoisotopic (exact) mass is 277 g/mol. The van der Waals surface area contributed by atoms with E-state index in [2.05, 4.69) is 17.1 Å². The number of hydrogen-bond acceptors (Lipinski definition) is 4. The number of likely N-dealkylation sites (tertiary alicyclic amines) is 1. The molecule has 5 nitrogen and oxygen atoms in total. The maximum absolute atomic E-state index is 12.0. The first-order valence-corrected chi connectivity index (χ1v) is 7.04. The standard InChI is InChI=1S/C15H23N3O2/c1-11-5-7-18(8-6-11)10-15(19)17-12-3-4-14(20-2)13(16)9-12/h3-4,9,11H,5-8,10,16H2,1-2H3,(H,17,19). The molecule has 1 aromatic rings. The molecule has 0 bridgehead atoms. The first kappa shape index (κ1) is 14.7. The molecule has 2 rings (SSSR count). The van der Waals surface area contributed by atoms with Crippen LogP contribution in [0.25, 0.3) is 0 Å². The summed E-state index contributed by atoms with van der Waals surface area (Å²) in [7, 11) is 1.57. The van der Waals surface area contributed by atoms with Crippen LogP contribution in [0.4, 0.5) is 11.4 Å². The Morgan fingerprint density at radius 3 is 2.75 bits per heavy atom. The lowest BCUT2D eigenvalue weighted by molar-refractivity contribution is -0.117. The number of piperidine rings is 1. The minimum absolute atomic E-state index is 0.00381. The summed E-state index contributed by atoms with van der Waals surface area (Å²) >= 11 is 0. The number of anilines is 2. The lowest BCUT2D eigenvalue weighted by atomic mass is 9.99. The van der Waals surface area contributed by atoms with Gasteiger partial charge in [0, 0.05) is 5.69 Å². The van der Waals surface area contributed by atoms with E-state index in [0.29, 0.717) is 23.7 Å². The molecule has 20 heavy (non-hydrogen) atoms. The zero-order valence-electron chi connectivity index (χ0n) is 12.2. The number of carbonyl (C=O) groups excluding carboxylic acids is 1. The number of amides is 1. The molecule has 1 aliphatic heterocycles. The molecule has 0 aromatic heterocycles. The van der Waals surface area contributed by atoms with E-state index in [1.165, 1.54) is 12.8 Å². The van der Waals surface area contributed by atoms with E-state index < -0.39 is 0 Å². The Bertz CT molecular complexity index is 468. The fourth-order valence-electron chi connectivity index (χ4n) is 2.44. The van der Waals surface area contributed by atoms with Gasteiger partial charge in [0.25, 0.3) is 0 Å². The maximum atomic E-state index is 12.0. The molecule has 0 spiro atoms. The fraction of sp³-hybridized carbons (Fsp3) is 0.533. The highest BCUT2D eigenvalue weighted by atomic mass is 16.5. The third kappa shape index (κ3) is 3.87. The van der Waals surface area contributed by atoms with Gasteiger partial charge in [-0.15, -0.1) is 0 Å². The van der Waals surface area contributed by atoms with Gasteiger partial charge in [-0.3, -0.25) is 9.69 Å². The van der Waals surface area contributed by atoms with Gasteiger partial charge < -0.3 is 15.8 Å². The number of nitrogen functional groups attached to an aromatic ring is 1. The van der Waals surface area contributed by atoms with Crippen molar-refractivity contribution in [3.8, 4) is 5.75 Å². The van der Waals surface area contributed by atoms with E-state index >= 15 is 0 Å². The maximum Gasteiger partial charge on any atom is 0.238 e. The van der Waals surface area contributed by atoms with Crippen molar-refractivity contribution in [2.45, 2.75) is 19.8 Å². The van der Waals surface area contributed by atoms with Crippen molar-refractivity contribution in [3.63, 3.8) is 0 Å². The minimum Gasteiger partial charge on any atom is -0.495 e. The number of rotatable bonds is 4. The number of nitrogens with two attached hydrogens (primary N) is 1. The molecule has 3 N–H and O–H groups in total. The van der Waals surface area contributed by atoms with Gasteiger partial charge in [-0.05, 0) is 50.0 Å². The number of methoxy groups -OCH3 is 1. The third-order valence-electron chi connectivity index (χ3n) is 3.76. The molecular weight excluding hydrogens is 254 g/mol. The molecule has 1 aliphatic rings. The Hall–Kier alpha value is -1.75. The average molecular weight is 277 g/mol. The number of hydrogen-bond donors (Lipinski definition) is 2. The molecule has 1 fully saturated rings. The number of nitrogens with one attached hydrogen (secondary N) is 1. The summed E-state index contributed by atoms with van der Waals surface area (Å²) in [6.45, 7) is 4.70. The number of benzene rings is 1. The van der Waals surface area contributed by atoms with Crippen LogP contribution < -0.4 is 15.8 Å². The summed E-state index contributed by atoms with van der Waals surface area (Å²) in [5.41, 5.74) is 7.05. The highest BCUT2D eigenvalue weighted by Crippen LogP contribution is 2.24. The van der Waals surface area contributed by atoms with E-state index in [4.69, 9.17) is 10.5 Å². The summed E-state index contributed by atoms with van der Waals surface area (Å²) in [6, 6.07) is 5.27. The largest absolute Gasteiger partial charge is 0.495 e. The molecule has 0 saturated carbocycles. The predicted molar refractivity (Wildman–Crippen MR) is 80.9 cm³/mol. The Balaban J connectivity index is 1.86. The number of ether oxygens (including phenoxy) is 1. The van der Waals surface area contributed by atoms with Crippen LogP contribution in [0, 0.1) is 5.92 Å². The summed E-state index contributed by atoms with van der Waals surface area (Å²) in [5.74, 6) is 1.40. The van der Waals surface area contributed by atoms with Crippen molar-refractivity contribution in [1.29, 1.82) is 0 Å². The van der Waals surface area contributed by atoms with Crippen molar-refractivity contribution in [2.24, 2.45) is 5.92 Å². The SMILES string of the molecule is COc1ccc(NC(=O)CN2CCC(C)CC2)cc1N. The second-order valence-electron chi connectivity index (χ2n) is 5.46. The topological polar surface area (TPSA) is 67.6 Å². The smallest absolute Gasteiger partial charge is 0.238 e. The second-order valence-corrected chi connectivity index (χ2v) is 5.46. The van der Waals surface area contributed by atoms with Crippen molar-refractivity contribution < 1.29 is 9.53 Å². The van der Waals surface area contributed by atoms with Crippen LogP contribution >= 0.6 is 0 Å². The van der Waals surface area contributed by atoms with Gasteiger partial charge in [0.2, 0.25) is 5.91 Å². The molecule has 1 aromatic carbocycles. The van der Waals surface area contributed by atoms with Crippen LogP contribution in [-0.2, 0) is 4.79 Å². The van der Waals surface area contributed by atoms with E-state index in [1.807, 2.05) is 0 Å². The molecule has 1 saturated heterocycles. The highest BCUT2D eigenvalue weighted by Gasteiger charge is 2.18. The minimum atomic E-state index is 0.00381. The van der Waals surface area contributed by atoms with Crippen LogP contribution in [0.3, 0.4) is 0 Å². The van der Waals surface area contributed by atoms with Crippen LogP contribution in [0.2, 0.25) is 0 Å². The van der Waals surface area contributed by atoms with Crippen LogP contribution in [0.5, 0.6) is 5.75 Å². The number of nitrogens with zero attached hydrogens (tertiary/aromatic N) is 1. The summed E-state index contributed by atoms with van der Waals surface area (Å²) in [5, 5.41) is 2.88.